The monoisotopic (exact) mass is 260 g/mol. The predicted octanol–water partition coefficient (Wildman–Crippen LogP) is 1.08. The largest absolute Gasteiger partial charge is 0.310 e. The molecule has 4 nitrogen and oxygen atoms in total. The van der Waals surface area contributed by atoms with Gasteiger partial charge in [-0.2, -0.15) is 0 Å². The van der Waals surface area contributed by atoms with Gasteiger partial charge < -0.3 is 5.32 Å². The van der Waals surface area contributed by atoms with Gasteiger partial charge in [-0.3, -0.25) is 14.8 Å². The van der Waals surface area contributed by atoms with Crippen LogP contribution < -0.4 is 5.32 Å². The van der Waals surface area contributed by atoms with Crippen LogP contribution in [0.5, 0.6) is 0 Å². The average Bonchev–Trinajstić information content (AvgIpc) is 2.41. The van der Waals surface area contributed by atoms with E-state index in [9.17, 15) is 0 Å². The van der Waals surface area contributed by atoms with Gasteiger partial charge in [0.15, 0.2) is 0 Å². The highest BCUT2D eigenvalue weighted by Gasteiger charge is 2.30. The lowest BCUT2D eigenvalue weighted by molar-refractivity contribution is 0.0303. The van der Waals surface area contributed by atoms with Gasteiger partial charge in [0.25, 0.3) is 0 Å². The van der Waals surface area contributed by atoms with Crippen molar-refractivity contribution >= 4 is 0 Å². The molecule has 19 heavy (non-hydrogen) atoms. The summed E-state index contributed by atoms with van der Waals surface area (Å²) >= 11 is 0. The fourth-order valence-electron chi connectivity index (χ4n) is 3.18. The molecule has 4 rings (SSSR count). The normalized spacial score (nSPS) is 35.5. The minimum Gasteiger partial charge on any atom is -0.310 e. The van der Waals surface area contributed by atoms with Gasteiger partial charge in [0, 0.05) is 51.4 Å². The molecule has 1 fully saturated rings. The second-order valence-electron chi connectivity index (χ2n) is 5.78. The van der Waals surface area contributed by atoms with E-state index in [1.807, 2.05) is 0 Å². The van der Waals surface area contributed by atoms with Crippen LogP contribution in [0.2, 0.25) is 0 Å². The first-order valence-electron chi connectivity index (χ1n) is 7.37. The average molecular weight is 260 g/mol. The van der Waals surface area contributed by atoms with Crippen molar-refractivity contribution < 1.29 is 0 Å². The van der Waals surface area contributed by atoms with Gasteiger partial charge in [-0.25, -0.2) is 0 Å². The van der Waals surface area contributed by atoms with E-state index in [0.717, 1.165) is 38.4 Å². The highest BCUT2D eigenvalue weighted by molar-refractivity contribution is 5.12. The molecule has 0 saturated carbocycles. The maximum Gasteiger partial charge on any atom is 0.0548 e. The quantitative estimate of drug-likeness (QED) is 0.756. The highest BCUT2D eigenvalue weighted by atomic mass is 15.3. The number of hydrogen-bond donors (Lipinski definition) is 1. The van der Waals surface area contributed by atoms with E-state index in [2.05, 4.69) is 47.2 Å². The van der Waals surface area contributed by atoms with Crippen molar-refractivity contribution in [1.29, 1.82) is 0 Å². The fraction of sp³-hybridized carbons (Fsp3) is 0.667. The lowest BCUT2D eigenvalue weighted by Gasteiger charge is -2.45. The molecule has 0 amide bonds. The Balaban J connectivity index is 1.86. The Bertz CT molecular complexity index is 432. The molecule has 3 aliphatic rings. The molecule has 0 aliphatic carbocycles. The maximum absolute atomic E-state index is 4.76. The zero-order valence-corrected chi connectivity index (χ0v) is 12.0. The molecule has 1 saturated heterocycles. The number of nitrogens with one attached hydrogen (secondary N) is 1. The maximum atomic E-state index is 4.76. The van der Waals surface area contributed by atoms with E-state index < -0.39 is 0 Å². The number of aromatic nitrogens is 1. The van der Waals surface area contributed by atoms with E-state index in [0.29, 0.717) is 12.1 Å². The second-order valence-corrected chi connectivity index (χ2v) is 5.78. The Morgan fingerprint density at radius 3 is 2.68 bits per heavy atom. The minimum absolute atomic E-state index is 0.596. The van der Waals surface area contributed by atoms with Crippen LogP contribution in [0, 0.1) is 0 Å². The number of hydrogen-bond acceptors (Lipinski definition) is 4. The van der Waals surface area contributed by atoms with Crippen LogP contribution in [0.15, 0.2) is 18.2 Å². The van der Waals surface area contributed by atoms with Gasteiger partial charge in [0.2, 0.25) is 0 Å². The Kier molecular flexibility index (Phi) is 3.82. The summed E-state index contributed by atoms with van der Waals surface area (Å²) in [6.45, 7) is 11.1. The summed E-state index contributed by atoms with van der Waals surface area (Å²) in [5, 5.41) is 3.51. The van der Waals surface area contributed by atoms with Gasteiger partial charge in [0.1, 0.15) is 0 Å². The minimum atomic E-state index is 0.596. The topological polar surface area (TPSA) is 31.4 Å². The lowest BCUT2D eigenvalue weighted by atomic mass is 10.0. The molecule has 0 aromatic carbocycles. The van der Waals surface area contributed by atoms with Gasteiger partial charge in [0.05, 0.1) is 11.4 Å². The SMILES string of the molecule is CC1C(C)N2CCN1CCNCc1cccc(n1)C2. The Morgan fingerprint density at radius 2 is 1.79 bits per heavy atom. The molecule has 0 radical (unpaired) electrons. The first-order chi connectivity index (χ1) is 9.24. The van der Waals surface area contributed by atoms with Crippen LogP contribution in [0.4, 0.5) is 0 Å². The van der Waals surface area contributed by atoms with E-state index >= 15 is 0 Å². The fourth-order valence-corrected chi connectivity index (χ4v) is 3.18. The predicted molar refractivity (Wildman–Crippen MR) is 76.9 cm³/mol. The van der Waals surface area contributed by atoms with Crippen LogP contribution in [0.3, 0.4) is 0 Å². The summed E-state index contributed by atoms with van der Waals surface area (Å²) < 4.78 is 0. The number of piperazine rings is 1. The molecule has 4 bridgehead atoms. The smallest absolute Gasteiger partial charge is 0.0548 e. The third-order valence-electron chi connectivity index (χ3n) is 4.64. The third kappa shape index (κ3) is 2.81. The van der Waals surface area contributed by atoms with E-state index in [1.54, 1.807) is 0 Å². The zero-order chi connectivity index (χ0) is 13.2. The van der Waals surface area contributed by atoms with E-state index in [4.69, 9.17) is 4.98 Å². The number of nitrogens with zero attached hydrogens (tertiary/aromatic N) is 3. The first kappa shape index (κ1) is 13.0. The molecular formula is C15H24N4. The Labute approximate surface area is 115 Å². The number of rotatable bonds is 0. The zero-order valence-electron chi connectivity index (χ0n) is 12.0. The van der Waals surface area contributed by atoms with Crippen molar-refractivity contribution in [3.05, 3.63) is 29.6 Å². The van der Waals surface area contributed by atoms with Crippen molar-refractivity contribution in [3.63, 3.8) is 0 Å². The molecule has 0 spiro atoms. The van der Waals surface area contributed by atoms with Crippen LogP contribution in [-0.4, -0.2) is 53.0 Å². The van der Waals surface area contributed by atoms with Crippen LogP contribution in [0.1, 0.15) is 25.2 Å². The summed E-state index contributed by atoms with van der Waals surface area (Å²) in [6.07, 6.45) is 0. The van der Waals surface area contributed by atoms with Crippen molar-refractivity contribution in [2.75, 3.05) is 26.2 Å². The Morgan fingerprint density at radius 1 is 1.05 bits per heavy atom. The molecular weight excluding hydrogens is 236 g/mol. The molecule has 4 unspecified atom stereocenters. The summed E-state index contributed by atoms with van der Waals surface area (Å²) in [7, 11) is 0. The molecule has 104 valence electrons. The van der Waals surface area contributed by atoms with Crippen molar-refractivity contribution in [2.24, 2.45) is 0 Å². The van der Waals surface area contributed by atoms with Crippen LogP contribution >= 0.6 is 0 Å². The molecule has 1 aromatic rings. The van der Waals surface area contributed by atoms with E-state index in [1.165, 1.54) is 12.2 Å². The summed E-state index contributed by atoms with van der Waals surface area (Å²) in [6, 6.07) is 7.62. The van der Waals surface area contributed by atoms with Gasteiger partial charge in [-0.15, -0.1) is 0 Å². The molecule has 4 atom stereocenters. The highest BCUT2D eigenvalue weighted by Crippen LogP contribution is 2.19. The van der Waals surface area contributed by atoms with Crippen LogP contribution in [-0.2, 0) is 13.1 Å². The molecule has 1 aromatic heterocycles. The summed E-state index contributed by atoms with van der Waals surface area (Å²) in [4.78, 5) is 9.94. The summed E-state index contributed by atoms with van der Waals surface area (Å²) in [5.41, 5.74) is 2.36. The standard InChI is InChI=1S/C15H24N4/c1-12-13(2)19-9-8-18(12)7-6-16-10-14-4-3-5-15(11-19)17-14/h3-5,12-13,16H,6-11H2,1-2H3. The van der Waals surface area contributed by atoms with Crippen molar-refractivity contribution in [3.8, 4) is 0 Å². The first-order valence-corrected chi connectivity index (χ1v) is 7.37. The third-order valence-corrected chi connectivity index (χ3v) is 4.64. The van der Waals surface area contributed by atoms with E-state index in [-0.39, 0.29) is 0 Å². The summed E-state index contributed by atoms with van der Waals surface area (Å²) in [5.74, 6) is 0. The molecule has 4 heterocycles. The lowest BCUT2D eigenvalue weighted by Crippen LogP contribution is -2.58. The number of fused-ring (bicyclic) bond motifs is 5. The van der Waals surface area contributed by atoms with Gasteiger partial charge >= 0.3 is 0 Å². The molecule has 1 N–H and O–H groups in total. The molecule has 4 heteroatoms. The number of pyridine rings is 1. The van der Waals surface area contributed by atoms with Crippen LogP contribution in [0.25, 0.3) is 0 Å². The Hall–Kier alpha value is -0.970. The van der Waals surface area contributed by atoms with Crippen molar-refractivity contribution in [2.45, 2.75) is 39.0 Å². The van der Waals surface area contributed by atoms with Gasteiger partial charge in [-0.1, -0.05) is 6.07 Å². The molecule has 3 aliphatic heterocycles. The van der Waals surface area contributed by atoms with Gasteiger partial charge in [-0.05, 0) is 26.0 Å². The second kappa shape index (κ2) is 5.57. The van der Waals surface area contributed by atoms with Crippen molar-refractivity contribution in [1.82, 2.24) is 20.1 Å².